The third-order valence-corrected chi connectivity index (χ3v) is 3.47. The van der Waals surface area contributed by atoms with E-state index in [1.54, 1.807) is 11.9 Å². The Labute approximate surface area is 115 Å². The first-order chi connectivity index (χ1) is 8.90. The van der Waals surface area contributed by atoms with Crippen LogP contribution >= 0.6 is 0 Å². The fraction of sp³-hybridized carbons (Fsp3) is 0.500. The minimum absolute atomic E-state index is 0.0932. The molecule has 1 amide bonds. The second-order valence-corrected chi connectivity index (χ2v) is 5.16. The van der Waals surface area contributed by atoms with Gasteiger partial charge in [-0.1, -0.05) is 24.6 Å². The normalized spacial score (nSPS) is 11.8. The minimum atomic E-state index is -0.531. The highest BCUT2D eigenvalue weighted by atomic mass is 16.2. The Kier molecular flexibility index (Phi) is 5.11. The molecule has 1 aromatic carbocycles. The average molecular weight is 258 g/mol. The van der Waals surface area contributed by atoms with Gasteiger partial charge in [-0.15, -0.1) is 0 Å². The van der Waals surface area contributed by atoms with E-state index in [4.69, 9.17) is 5.26 Å². The van der Waals surface area contributed by atoms with Gasteiger partial charge < -0.3 is 4.90 Å². The molecule has 0 spiro atoms. The van der Waals surface area contributed by atoms with Crippen LogP contribution in [0.5, 0.6) is 0 Å². The lowest BCUT2D eigenvalue weighted by Crippen LogP contribution is -2.32. The highest BCUT2D eigenvalue weighted by Crippen LogP contribution is 2.19. The number of carbonyl (C=O) groups is 1. The van der Waals surface area contributed by atoms with Crippen molar-refractivity contribution in [2.75, 3.05) is 7.05 Å². The zero-order chi connectivity index (χ0) is 14.6. The Morgan fingerprint density at radius 1 is 1.32 bits per heavy atom. The number of rotatable bonds is 4. The largest absolute Gasteiger partial charge is 0.340 e. The molecular formula is C16H22N2O. The number of benzene rings is 1. The SMILES string of the molecule is CCC(C#N)C(=O)N(C)Cc1c(C)cc(C)cc1C. The number of aryl methyl sites for hydroxylation is 3. The van der Waals surface area contributed by atoms with Crippen LogP contribution in [0.2, 0.25) is 0 Å². The smallest absolute Gasteiger partial charge is 0.239 e. The molecule has 0 radical (unpaired) electrons. The number of carbonyl (C=O) groups excluding carboxylic acids is 1. The molecule has 0 fully saturated rings. The highest BCUT2D eigenvalue weighted by molar-refractivity contribution is 5.80. The van der Waals surface area contributed by atoms with Gasteiger partial charge in [0, 0.05) is 13.6 Å². The Morgan fingerprint density at radius 3 is 2.26 bits per heavy atom. The van der Waals surface area contributed by atoms with Gasteiger partial charge in [-0.3, -0.25) is 4.79 Å². The van der Waals surface area contributed by atoms with Crippen molar-refractivity contribution >= 4 is 5.91 Å². The van der Waals surface area contributed by atoms with Gasteiger partial charge in [-0.25, -0.2) is 0 Å². The maximum atomic E-state index is 12.1. The Bertz CT molecular complexity index is 491. The van der Waals surface area contributed by atoms with Gasteiger partial charge in [0.25, 0.3) is 0 Å². The first-order valence-corrected chi connectivity index (χ1v) is 6.62. The molecule has 19 heavy (non-hydrogen) atoms. The van der Waals surface area contributed by atoms with Gasteiger partial charge in [0.15, 0.2) is 0 Å². The highest BCUT2D eigenvalue weighted by Gasteiger charge is 2.20. The summed E-state index contributed by atoms with van der Waals surface area (Å²) in [6, 6.07) is 6.32. The van der Waals surface area contributed by atoms with E-state index in [2.05, 4.69) is 39.0 Å². The van der Waals surface area contributed by atoms with E-state index in [1.807, 2.05) is 6.92 Å². The fourth-order valence-corrected chi connectivity index (χ4v) is 2.36. The molecule has 0 aliphatic carbocycles. The molecule has 0 heterocycles. The molecule has 1 aromatic rings. The molecular weight excluding hydrogens is 236 g/mol. The van der Waals surface area contributed by atoms with Gasteiger partial charge >= 0.3 is 0 Å². The predicted octanol–water partition coefficient (Wildman–Crippen LogP) is 3.12. The van der Waals surface area contributed by atoms with E-state index in [1.165, 1.54) is 22.3 Å². The summed E-state index contributed by atoms with van der Waals surface area (Å²) >= 11 is 0. The van der Waals surface area contributed by atoms with Crippen LogP contribution < -0.4 is 0 Å². The van der Waals surface area contributed by atoms with E-state index in [9.17, 15) is 4.79 Å². The van der Waals surface area contributed by atoms with Gasteiger partial charge in [-0.2, -0.15) is 5.26 Å². The second kappa shape index (κ2) is 6.38. The van der Waals surface area contributed by atoms with Crippen LogP contribution in [0.1, 0.15) is 35.6 Å². The van der Waals surface area contributed by atoms with E-state index >= 15 is 0 Å². The number of nitrogens with zero attached hydrogens (tertiary/aromatic N) is 2. The molecule has 3 heteroatoms. The number of nitriles is 1. The van der Waals surface area contributed by atoms with Crippen LogP contribution in [0.25, 0.3) is 0 Å². The van der Waals surface area contributed by atoms with E-state index < -0.39 is 5.92 Å². The van der Waals surface area contributed by atoms with E-state index in [-0.39, 0.29) is 5.91 Å². The Balaban J connectivity index is 2.92. The molecule has 0 saturated carbocycles. The van der Waals surface area contributed by atoms with Crippen molar-refractivity contribution in [2.24, 2.45) is 5.92 Å². The second-order valence-electron chi connectivity index (χ2n) is 5.16. The molecule has 0 bridgehead atoms. The van der Waals surface area contributed by atoms with Crippen molar-refractivity contribution in [1.82, 2.24) is 4.90 Å². The van der Waals surface area contributed by atoms with Crippen LogP contribution in [0.3, 0.4) is 0 Å². The molecule has 1 atom stereocenters. The van der Waals surface area contributed by atoms with Crippen molar-refractivity contribution in [2.45, 2.75) is 40.7 Å². The maximum absolute atomic E-state index is 12.1. The molecule has 0 N–H and O–H groups in total. The molecule has 1 rings (SSSR count). The topological polar surface area (TPSA) is 44.1 Å². The van der Waals surface area contributed by atoms with Crippen LogP contribution in [0.4, 0.5) is 0 Å². The zero-order valence-corrected chi connectivity index (χ0v) is 12.4. The first kappa shape index (κ1) is 15.2. The van der Waals surface area contributed by atoms with Crippen LogP contribution in [-0.4, -0.2) is 17.9 Å². The van der Waals surface area contributed by atoms with Crippen molar-refractivity contribution < 1.29 is 4.79 Å². The summed E-state index contributed by atoms with van der Waals surface area (Å²) < 4.78 is 0. The Hall–Kier alpha value is -1.82. The molecule has 102 valence electrons. The lowest BCUT2D eigenvalue weighted by Gasteiger charge is -2.22. The number of amides is 1. The van der Waals surface area contributed by atoms with Gasteiger partial charge in [-0.05, 0) is 43.9 Å². The van der Waals surface area contributed by atoms with Crippen molar-refractivity contribution in [1.29, 1.82) is 5.26 Å². The number of hydrogen-bond acceptors (Lipinski definition) is 2. The summed E-state index contributed by atoms with van der Waals surface area (Å²) in [4.78, 5) is 13.8. The minimum Gasteiger partial charge on any atom is -0.340 e. The summed E-state index contributed by atoms with van der Waals surface area (Å²) in [5.74, 6) is -0.625. The quantitative estimate of drug-likeness (QED) is 0.833. The van der Waals surface area contributed by atoms with Crippen molar-refractivity contribution in [3.8, 4) is 6.07 Å². The van der Waals surface area contributed by atoms with Crippen molar-refractivity contribution in [3.63, 3.8) is 0 Å². The standard InChI is InChI=1S/C16H22N2O/c1-6-14(9-17)16(19)18(5)10-15-12(3)7-11(2)8-13(15)4/h7-8,14H,6,10H2,1-5H3. The monoisotopic (exact) mass is 258 g/mol. The van der Waals surface area contributed by atoms with Crippen molar-refractivity contribution in [3.05, 3.63) is 34.4 Å². The van der Waals surface area contributed by atoms with Gasteiger partial charge in [0.1, 0.15) is 5.92 Å². The van der Waals surface area contributed by atoms with Crippen LogP contribution in [-0.2, 0) is 11.3 Å². The zero-order valence-electron chi connectivity index (χ0n) is 12.4. The number of hydrogen-bond donors (Lipinski definition) is 0. The van der Waals surface area contributed by atoms with Gasteiger partial charge in [0.2, 0.25) is 5.91 Å². The molecule has 0 aromatic heterocycles. The summed E-state index contributed by atoms with van der Waals surface area (Å²) in [7, 11) is 1.76. The molecule has 0 saturated heterocycles. The molecule has 1 unspecified atom stereocenters. The molecule has 0 aliphatic rings. The third kappa shape index (κ3) is 3.57. The molecule has 3 nitrogen and oxygen atoms in total. The predicted molar refractivity (Wildman–Crippen MR) is 76.5 cm³/mol. The van der Waals surface area contributed by atoms with Crippen LogP contribution in [0, 0.1) is 38.0 Å². The first-order valence-electron chi connectivity index (χ1n) is 6.62. The lowest BCUT2D eigenvalue weighted by atomic mass is 9.99. The summed E-state index contributed by atoms with van der Waals surface area (Å²) in [6.45, 7) is 8.63. The lowest BCUT2D eigenvalue weighted by molar-refractivity contribution is -0.133. The fourth-order valence-electron chi connectivity index (χ4n) is 2.36. The average Bonchev–Trinajstić information content (AvgIpc) is 2.34. The van der Waals surface area contributed by atoms with Crippen LogP contribution in [0.15, 0.2) is 12.1 Å². The van der Waals surface area contributed by atoms with Gasteiger partial charge in [0.05, 0.1) is 6.07 Å². The summed E-state index contributed by atoms with van der Waals surface area (Å²) in [5, 5.41) is 8.96. The van der Waals surface area contributed by atoms with E-state index in [0.29, 0.717) is 13.0 Å². The maximum Gasteiger partial charge on any atom is 0.239 e. The molecule has 0 aliphatic heterocycles. The van der Waals surface area contributed by atoms with E-state index in [0.717, 1.165) is 0 Å². The summed E-state index contributed by atoms with van der Waals surface area (Å²) in [5.41, 5.74) is 4.80. The Morgan fingerprint density at radius 2 is 1.84 bits per heavy atom. The summed E-state index contributed by atoms with van der Waals surface area (Å²) in [6.07, 6.45) is 0.561. The third-order valence-electron chi connectivity index (χ3n) is 3.47.